The first-order valence-corrected chi connectivity index (χ1v) is 8.54. The van der Waals surface area contributed by atoms with Crippen LogP contribution in [-0.4, -0.2) is 28.7 Å². The van der Waals surface area contributed by atoms with E-state index in [2.05, 4.69) is 31.4 Å². The number of nitrogens with zero attached hydrogens (tertiary/aromatic N) is 2. The highest BCUT2D eigenvalue weighted by Gasteiger charge is 2.13. The summed E-state index contributed by atoms with van der Waals surface area (Å²) >= 11 is 3.31. The Balaban J connectivity index is 1.70. The van der Waals surface area contributed by atoms with Crippen LogP contribution in [0, 0.1) is 0 Å². The lowest BCUT2D eigenvalue weighted by molar-refractivity contribution is 0.0526. The molecular formula is C18H14BrN3O4. The number of hydrogen-bond acceptors (Lipinski definition) is 6. The van der Waals surface area contributed by atoms with Crippen LogP contribution < -0.4 is 5.32 Å². The highest BCUT2D eigenvalue weighted by molar-refractivity contribution is 9.10. The summed E-state index contributed by atoms with van der Waals surface area (Å²) in [5.74, 6) is -0.524. The second-order valence-corrected chi connectivity index (χ2v) is 6.09. The van der Waals surface area contributed by atoms with Crippen LogP contribution in [0.3, 0.4) is 0 Å². The second kappa shape index (κ2) is 7.92. The van der Waals surface area contributed by atoms with Gasteiger partial charge in [0.2, 0.25) is 5.89 Å². The van der Waals surface area contributed by atoms with Crippen molar-refractivity contribution >= 4 is 33.8 Å². The fourth-order valence-electron chi connectivity index (χ4n) is 2.12. The van der Waals surface area contributed by atoms with Gasteiger partial charge in [0, 0.05) is 15.6 Å². The van der Waals surface area contributed by atoms with Crippen molar-refractivity contribution in [3.8, 4) is 11.5 Å². The zero-order chi connectivity index (χ0) is 18.5. The number of ether oxygens (including phenoxy) is 1. The summed E-state index contributed by atoms with van der Waals surface area (Å²) in [4.78, 5) is 23.8. The molecule has 0 saturated carbocycles. The van der Waals surface area contributed by atoms with E-state index in [9.17, 15) is 9.59 Å². The zero-order valence-corrected chi connectivity index (χ0v) is 15.3. The van der Waals surface area contributed by atoms with E-state index in [1.165, 1.54) is 0 Å². The molecule has 1 heterocycles. The summed E-state index contributed by atoms with van der Waals surface area (Å²) in [6.45, 7) is 2.06. The fraction of sp³-hybridized carbons (Fsp3) is 0.111. The lowest BCUT2D eigenvalue weighted by atomic mass is 10.1. The molecule has 1 aromatic heterocycles. The predicted octanol–water partition coefficient (Wildman–Crippen LogP) is 3.93. The molecule has 0 aliphatic carbocycles. The normalized spacial score (nSPS) is 10.4. The number of carbonyl (C=O) groups is 2. The third kappa shape index (κ3) is 4.15. The Bertz CT molecular complexity index is 920. The van der Waals surface area contributed by atoms with Gasteiger partial charge in [0.25, 0.3) is 5.91 Å². The van der Waals surface area contributed by atoms with Crippen LogP contribution in [0.25, 0.3) is 11.5 Å². The van der Waals surface area contributed by atoms with E-state index >= 15 is 0 Å². The number of esters is 1. The molecule has 3 aromatic rings. The Morgan fingerprint density at radius 3 is 2.35 bits per heavy atom. The summed E-state index contributed by atoms with van der Waals surface area (Å²) in [5.41, 5.74) is 1.51. The van der Waals surface area contributed by atoms with Crippen LogP contribution in [0.4, 0.5) is 6.01 Å². The Morgan fingerprint density at radius 1 is 1.04 bits per heavy atom. The first-order valence-electron chi connectivity index (χ1n) is 7.75. The van der Waals surface area contributed by atoms with Crippen molar-refractivity contribution in [3.05, 3.63) is 64.1 Å². The van der Waals surface area contributed by atoms with Gasteiger partial charge >= 0.3 is 12.0 Å². The number of nitrogens with one attached hydrogen (secondary N) is 1. The van der Waals surface area contributed by atoms with Gasteiger partial charge in [0.15, 0.2) is 0 Å². The number of carbonyl (C=O) groups excluding carboxylic acids is 2. The predicted molar refractivity (Wildman–Crippen MR) is 97.8 cm³/mol. The van der Waals surface area contributed by atoms with Crippen LogP contribution in [0.2, 0.25) is 0 Å². The molecule has 0 atom stereocenters. The smallest absolute Gasteiger partial charge is 0.338 e. The minimum atomic E-state index is -0.396. The molecule has 0 spiro atoms. The number of halogens is 1. The van der Waals surface area contributed by atoms with Crippen molar-refractivity contribution in [2.75, 3.05) is 11.9 Å². The minimum Gasteiger partial charge on any atom is -0.462 e. The topological polar surface area (TPSA) is 94.3 Å². The summed E-state index contributed by atoms with van der Waals surface area (Å²) in [6, 6.07) is 13.4. The number of amides is 1. The van der Waals surface area contributed by atoms with Crippen molar-refractivity contribution in [2.45, 2.75) is 6.92 Å². The maximum Gasteiger partial charge on any atom is 0.338 e. The van der Waals surface area contributed by atoms with Gasteiger partial charge in [-0.3, -0.25) is 10.1 Å². The quantitative estimate of drug-likeness (QED) is 0.634. The highest BCUT2D eigenvalue weighted by Crippen LogP contribution is 2.21. The summed E-state index contributed by atoms with van der Waals surface area (Å²) < 4.78 is 11.3. The fourth-order valence-corrected chi connectivity index (χ4v) is 2.39. The van der Waals surface area contributed by atoms with E-state index in [1.807, 2.05) is 0 Å². The number of hydrogen-bond donors (Lipinski definition) is 1. The van der Waals surface area contributed by atoms with Crippen LogP contribution in [-0.2, 0) is 4.74 Å². The minimum absolute atomic E-state index is 0.0117. The van der Waals surface area contributed by atoms with Crippen LogP contribution in [0.1, 0.15) is 27.6 Å². The Hall–Kier alpha value is -3.00. The van der Waals surface area contributed by atoms with Crippen LogP contribution in [0.15, 0.2) is 57.4 Å². The molecule has 0 aliphatic heterocycles. The standard InChI is InChI=1S/C18H14BrN3O4/c1-2-25-17(24)13-5-3-12(4-6-13)16-21-22-18(26-16)20-15(23)11-7-9-14(19)10-8-11/h3-10H,2H2,1H3,(H,20,22,23). The molecule has 26 heavy (non-hydrogen) atoms. The van der Waals surface area contributed by atoms with Crippen molar-refractivity contribution in [2.24, 2.45) is 0 Å². The first-order chi connectivity index (χ1) is 12.6. The van der Waals surface area contributed by atoms with E-state index in [-0.39, 0.29) is 17.8 Å². The summed E-state index contributed by atoms with van der Waals surface area (Å²) in [5, 5.41) is 10.3. The average molecular weight is 416 g/mol. The molecule has 1 N–H and O–H groups in total. The van der Waals surface area contributed by atoms with Gasteiger partial charge in [0.05, 0.1) is 12.2 Å². The summed E-state index contributed by atoms with van der Waals surface area (Å²) in [6.07, 6.45) is 0. The van der Waals surface area contributed by atoms with Gasteiger partial charge in [-0.05, 0) is 55.5 Å². The van der Waals surface area contributed by atoms with Crippen LogP contribution in [0.5, 0.6) is 0 Å². The lowest BCUT2D eigenvalue weighted by Crippen LogP contribution is -2.11. The van der Waals surface area contributed by atoms with E-state index in [1.54, 1.807) is 55.5 Å². The molecule has 0 radical (unpaired) electrons. The number of anilines is 1. The molecule has 7 nitrogen and oxygen atoms in total. The zero-order valence-electron chi connectivity index (χ0n) is 13.7. The van der Waals surface area contributed by atoms with Gasteiger partial charge in [-0.15, -0.1) is 5.10 Å². The van der Waals surface area contributed by atoms with Gasteiger partial charge in [-0.1, -0.05) is 21.0 Å². The van der Waals surface area contributed by atoms with Crippen LogP contribution >= 0.6 is 15.9 Å². The molecule has 0 bridgehead atoms. The maximum atomic E-state index is 12.1. The van der Waals surface area contributed by atoms with Crippen molar-refractivity contribution < 1.29 is 18.7 Å². The van der Waals surface area contributed by atoms with E-state index < -0.39 is 5.97 Å². The Kier molecular flexibility index (Phi) is 5.43. The Labute approximate surface area is 157 Å². The van der Waals surface area contributed by atoms with E-state index in [0.717, 1.165) is 4.47 Å². The summed E-state index contributed by atoms with van der Waals surface area (Å²) in [7, 11) is 0. The molecular weight excluding hydrogens is 402 g/mol. The highest BCUT2D eigenvalue weighted by atomic mass is 79.9. The number of benzene rings is 2. The van der Waals surface area contributed by atoms with Gasteiger partial charge in [-0.2, -0.15) is 0 Å². The largest absolute Gasteiger partial charge is 0.462 e. The maximum absolute atomic E-state index is 12.1. The average Bonchev–Trinajstić information content (AvgIpc) is 3.11. The van der Waals surface area contributed by atoms with E-state index in [0.29, 0.717) is 23.3 Å². The SMILES string of the molecule is CCOC(=O)c1ccc(-c2nnc(NC(=O)c3ccc(Br)cc3)o2)cc1. The lowest BCUT2D eigenvalue weighted by Gasteiger charge is -2.02. The van der Waals surface area contributed by atoms with Gasteiger partial charge in [-0.25, -0.2) is 4.79 Å². The first kappa shape index (κ1) is 17.8. The van der Waals surface area contributed by atoms with Crippen molar-refractivity contribution in [1.29, 1.82) is 0 Å². The monoisotopic (exact) mass is 415 g/mol. The van der Waals surface area contributed by atoms with Gasteiger partial charge in [0.1, 0.15) is 0 Å². The molecule has 0 fully saturated rings. The second-order valence-electron chi connectivity index (χ2n) is 5.17. The molecule has 132 valence electrons. The van der Waals surface area contributed by atoms with Crippen molar-refractivity contribution in [1.82, 2.24) is 10.2 Å². The molecule has 3 rings (SSSR count). The van der Waals surface area contributed by atoms with Gasteiger partial charge < -0.3 is 9.15 Å². The number of rotatable bonds is 5. The molecule has 2 aromatic carbocycles. The molecule has 1 amide bonds. The third-order valence-corrected chi connectivity index (χ3v) is 3.92. The molecule has 0 saturated heterocycles. The molecule has 8 heteroatoms. The Morgan fingerprint density at radius 2 is 1.69 bits per heavy atom. The van der Waals surface area contributed by atoms with E-state index in [4.69, 9.17) is 9.15 Å². The third-order valence-electron chi connectivity index (χ3n) is 3.39. The number of aromatic nitrogens is 2. The molecule has 0 aliphatic rings. The van der Waals surface area contributed by atoms with Crippen molar-refractivity contribution in [3.63, 3.8) is 0 Å². The molecule has 0 unspecified atom stereocenters.